The van der Waals surface area contributed by atoms with E-state index >= 15 is 0 Å². The normalized spacial score (nSPS) is 26.8. The second-order valence-corrected chi connectivity index (χ2v) is 6.82. The van der Waals surface area contributed by atoms with Gasteiger partial charge in [-0.2, -0.15) is 0 Å². The van der Waals surface area contributed by atoms with Crippen LogP contribution in [0.1, 0.15) is 62.9 Å². The number of amides is 1. The number of carbonyl (C=O) groups excluding carboxylic acids is 1. The number of nitrogens with one attached hydrogen (secondary N) is 1. The summed E-state index contributed by atoms with van der Waals surface area (Å²) >= 11 is 0. The number of hydrogen-bond donors (Lipinski definition) is 2. The lowest BCUT2D eigenvalue weighted by Gasteiger charge is -2.27. The van der Waals surface area contributed by atoms with Gasteiger partial charge in [0.2, 0.25) is 5.91 Å². The molecule has 2 N–H and O–H groups in total. The van der Waals surface area contributed by atoms with E-state index in [0.29, 0.717) is 18.8 Å². The smallest absolute Gasteiger partial charge is 0.220 e. The van der Waals surface area contributed by atoms with E-state index in [1.165, 1.54) is 6.42 Å². The fourth-order valence-electron chi connectivity index (χ4n) is 3.42. The van der Waals surface area contributed by atoms with Crippen molar-refractivity contribution in [3.63, 3.8) is 0 Å². The number of hydrogen-bond acceptors (Lipinski definition) is 3. The van der Waals surface area contributed by atoms with E-state index in [9.17, 15) is 9.90 Å². The van der Waals surface area contributed by atoms with Crippen LogP contribution in [-0.4, -0.2) is 23.2 Å². The Bertz CT molecular complexity index is 502. The summed E-state index contributed by atoms with van der Waals surface area (Å²) in [5.74, 6) is 3.30. The molecule has 2 atom stereocenters. The molecular weight excluding hydrogens is 266 g/mol. The molecule has 0 aromatic carbocycles. The zero-order chi connectivity index (χ0) is 14.9. The van der Waals surface area contributed by atoms with E-state index in [4.69, 9.17) is 4.42 Å². The molecule has 1 heterocycles. The number of aryl methyl sites for hydroxylation is 1. The summed E-state index contributed by atoms with van der Waals surface area (Å²) in [5, 5.41) is 12.5. The number of rotatable bonds is 6. The molecule has 1 amide bonds. The SMILES string of the molecule is CC1CC1c1ccc(CCC(=O)NC2(CO)CCCC2)o1. The Hall–Kier alpha value is -1.29. The van der Waals surface area contributed by atoms with Gasteiger partial charge < -0.3 is 14.8 Å². The van der Waals surface area contributed by atoms with E-state index < -0.39 is 0 Å². The molecule has 1 aromatic rings. The average molecular weight is 291 g/mol. The molecule has 2 aliphatic carbocycles. The lowest BCUT2D eigenvalue weighted by atomic mass is 9.98. The number of carbonyl (C=O) groups is 1. The molecule has 116 valence electrons. The van der Waals surface area contributed by atoms with Gasteiger partial charge in [-0.3, -0.25) is 4.79 Å². The van der Waals surface area contributed by atoms with E-state index in [2.05, 4.69) is 12.2 Å². The lowest BCUT2D eigenvalue weighted by Crippen LogP contribution is -2.49. The molecule has 21 heavy (non-hydrogen) atoms. The van der Waals surface area contributed by atoms with Gasteiger partial charge in [0.1, 0.15) is 11.5 Å². The third-order valence-corrected chi connectivity index (χ3v) is 5.02. The van der Waals surface area contributed by atoms with Crippen molar-refractivity contribution in [1.29, 1.82) is 0 Å². The summed E-state index contributed by atoms with van der Waals surface area (Å²) in [5.41, 5.74) is -0.366. The first kappa shape index (κ1) is 14.6. The molecule has 2 saturated carbocycles. The van der Waals surface area contributed by atoms with E-state index in [-0.39, 0.29) is 18.1 Å². The molecule has 4 nitrogen and oxygen atoms in total. The second kappa shape index (κ2) is 5.84. The van der Waals surface area contributed by atoms with Gasteiger partial charge in [0.15, 0.2) is 0 Å². The van der Waals surface area contributed by atoms with Crippen molar-refractivity contribution in [2.24, 2.45) is 5.92 Å². The predicted molar refractivity (Wildman–Crippen MR) is 80.0 cm³/mol. The average Bonchev–Trinajstić information content (AvgIpc) is 2.92. The Morgan fingerprint density at radius 3 is 2.76 bits per heavy atom. The molecule has 0 aliphatic heterocycles. The molecule has 4 heteroatoms. The van der Waals surface area contributed by atoms with E-state index in [1.807, 2.05) is 12.1 Å². The molecule has 0 bridgehead atoms. The Morgan fingerprint density at radius 2 is 2.14 bits per heavy atom. The Balaban J connectivity index is 1.48. The van der Waals surface area contributed by atoms with Crippen LogP contribution >= 0.6 is 0 Å². The monoisotopic (exact) mass is 291 g/mol. The zero-order valence-electron chi connectivity index (χ0n) is 12.7. The Kier molecular flexibility index (Phi) is 4.07. The van der Waals surface area contributed by atoms with Crippen molar-refractivity contribution in [1.82, 2.24) is 5.32 Å². The summed E-state index contributed by atoms with van der Waals surface area (Å²) in [6, 6.07) is 4.04. The quantitative estimate of drug-likeness (QED) is 0.847. The van der Waals surface area contributed by atoms with Crippen molar-refractivity contribution >= 4 is 5.91 Å². The van der Waals surface area contributed by atoms with Crippen molar-refractivity contribution in [3.8, 4) is 0 Å². The van der Waals surface area contributed by atoms with E-state index in [0.717, 1.165) is 43.1 Å². The van der Waals surface area contributed by atoms with Crippen LogP contribution in [0.15, 0.2) is 16.5 Å². The highest BCUT2D eigenvalue weighted by Crippen LogP contribution is 2.47. The van der Waals surface area contributed by atoms with Gasteiger partial charge in [-0.25, -0.2) is 0 Å². The van der Waals surface area contributed by atoms with Gasteiger partial charge in [0.25, 0.3) is 0 Å². The third kappa shape index (κ3) is 3.31. The largest absolute Gasteiger partial charge is 0.466 e. The van der Waals surface area contributed by atoms with Crippen molar-refractivity contribution in [2.45, 2.75) is 63.3 Å². The highest BCUT2D eigenvalue weighted by molar-refractivity contribution is 5.77. The predicted octanol–water partition coefficient (Wildman–Crippen LogP) is 2.76. The molecule has 2 fully saturated rings. The minimum atomic E-state index is -0.366. The summed E-state index contributed by atoms with van der Waals surface area (Å²) in [6.07, 6.45) is 6.22. The maximum atomic E-state index is 12.1. The topological polar surface area (TPSA) is 62.5 Å². The fourth-order valence-corrected chi connectivity index (χ4v) is 3.42. The van der Waals surface area contributed by atoms with Crippen LogP contribution in [0.3, 0.4) is 0 Å². The molecular formula is C17H25NO3. The van der Waals surface area contributed by atoms with Crippen LogP contribution in [0.2, 0.25) is 0 Å². The van der Waals surface area contributed by atoms with Crippen LogP contribution < -0.4 is 5.32 Å². The van der Waals surface area contributed by atoms with Gasteiger partial charge in [-0.15, -0.1) is 0 Å². The minimum absolute atomic E-state index is 0.0173. The number of aliphatic hydroxyl groups is 1. The minimum Gasteiger partial charge on any atom is -0.466 e. The molecule has 2 unspecified atom stereocenters. The van der Waals surface area contributed by atoms with Gasteiger partial charge in [-0.1, -0.05) is 19.8 Å². The Morgan fingerprint density at radius 1 is 1.43 bits per heavy atom. The first-order chi connectivity index (χ1) is 10.1. The van der Waals surface area contributed by atoms with Crippen molar-refractivity contribution in [2.75, 3.05) is 6.61 Å². The van der Waals surface area contributed by atoms with Gasteiger partial charge in [0.05, 0.1) is 12.1 Å². The maximum Gasteiger partial charge on any atom is 0.220 e. The molecule has 1 aromatic heterocycles. The lowest BCUT2D eigenvalue weighted by molar-refractivity contribution is -0.123. The first-order valence-corrected chi connectivity index (χ1v) is 8.12. The molecule has 3 rings (SSSR count). The summed E-state index contributed by atoms with van der Waals surface area (Å²) in [4.78, 5) is 12.1. The summed E-state index contributed by atoms with van der Waals surface area (Å²) in [6.45, 7) is 2.28. The van der Waals surface area contributed by atoms with Crippen LogP contribution in [-0.2, 0) is 11.2 Å². The molecule has 0 spiro atoms. The first-order valence-electron chi connectivity index (χ1n) is 8.12. The highest BCUT2D eigenvalue weighted by atomic mass is 16.3. The van der Waals surface area contributed by atoms with Crippen molar-refractivity contribution in [3.05, 3.63) is 23.7 Å². The second-order valence-electron chi connectivity index (χ2n) is 6.82. The van der Waals surface area contributed by atoms with E-state index in [1.54, 1.807) is 0 Å². The summed E-state index contributed by atoms with van der Waals surface area (Å²) in [7, 11) is 0. The fraction of sp³-hybridized carbons (Fsp3) is 0.706. The van der Waals surface area contributed by atoms with Gasteiger partial charge in [-0.05, 0) is 37.3 Å². The number of aliphatic hydroxyl groups excluding tert-OH is 1. The van der Waals surface area contributed by atoms with Crippen LogP contribution in [0.5, 0.6) is 0 Å². The van der Waals surface area contributed by atoms with Crippen LogP contribution in [0.25, 0.3) is 0 Å². The van der Waals surface area contributed by atoms with Crippen LogP contribution in [0.4, 0.5) is 0 Å². The number of furan rings is 1. The molecule has 0 saturated heterocycles. The zero-order valence-corrected chi connectivity index (χ0v) is 12.7. The summed E-state index contributed by atoms with van der Waals surface area (Å²) < 4.78 is 5.82. The maximum absolute atomic E-state index is 12.1. The highest BCUT2D eigenvalue weighted by Gasteiger charge is 2.37. The Labute approximate surface area is 125 Å². The third-order valence-electron chi connectivity index (χ3n) is 5.02. The molecule has 2 aliphatic rings. The van der Waals surface area contributed by atoms with Crippen LogP contribution in [0, 0.1) is 5.92 Å². The van der Waals surface area contributed by atoms with Crippen molar-refractivity contribution < 1.29 is 14.3 Å². The van der Waals surface area contributed by atoms with Gasteiger partial charge >= 0.3 is 0 Å². The standard InChI is InChI=1S/C17H25NO3/c1-12-10-14(12)15-6-4-13(21-15)5-7-16(20)18-17(11-19)8-2-3-9-17/h4,6,12,14,19H,2-3,5,7-11H2,1H3,(H,18,20). The molecule has 0 radical (unpaired) electrons. The van der Waals surface area contributed by atoms with Gasteiger partial charge in [0, 0.05) is 18.8 Å².